The summed E-state index contributed by atoms with van der Waals surface area (Å²) < 4.78 is 2.65. The molecule has 3 aromatic heterocycles. The van der Waals surface area contributed by atoms with Crippen LogP contribution in [0.4, 0.5) is 0 Å². The fourth-order valence-electron chi connectivity index (χ4n) is 7.61. The molecule has 1 radical (unpaired) electrons. The van der Waals surface area contributed by atoms with Gasteiger partial charge in [0.1, 0.15) is 0 Å². The van der Waals surface area contributed by atoms with Gasteiger partial charge in [0.15, 0.2) is 5.78 Å². The van der Waals surface area contributed by atoms with Crippen molar-refractivity contribution in [2.45, 2.75) is 116 Å². The molecule has 0 aliphatic carbocycles. The van der Waals surface area contributed by atoms with Crippen molar-refractivity contribution in [2.75, 3.05) is 0 Å². The smallest absolute Gasteiger partial charge is 0 e. The molecule has 0 bridgehead atoms. The van der Waals surface area contributed by atoms with Gasteiger partial charge in [0.25, 0.3) is 0 Å². The average Bonchev–Trinajstić information content (AvgIpc) is 3.36. The number of aliphatic hydroxyl groups excluding tert-OH is 1. The Morgan fingerprint density at radius 2 is 1.45 bits per heavy atom. The van der Waals surface area contributed by atoms with E-state index in [9.17, 15) is 9.90 Å². The van der Waals surface area contributed by atoms with Crippen LogP contribution in [-0.2, 0) is 36.7 Å². The Morgan fingerprint density at radius 1 is 0.849 bits per heavy atom. The van der Waals surface area contributed by atoms with Gasteiger partial charge in [0.2, 0.25) is 0 Å². The molecule has 6 nitrogen and oxygen atoms in total. The van der Waals surface area contributed by atoms with Crippen LogP contribution in [0.2, 0.25) is 0 Å². The van der Waals surface area contributed by atoms with Crippen molar-refractivity contribution in [3.63, 3.8) is 0 Å². The second kappa shape index (κ2) is 17.8. The van der Waals surface area contributed by atoms with Crippen LogP contribution in [0.25, 0.3) is 41.6 Å². The molecule has 0 amide bonds. The summed E-state index contributed by atoms with van der Waals surface area (Å²) in [6, 6.07) is 12.7. The standard InChI is InChI=1S/C28H29N4Se.C17H32O2.Ir/c1-16-29-14-19-11-18(12-21(23(19)32-16)28(5,6)7)24-26-25(31-15-30-24)20-9-8-17(10-22(20)33-26)13-27(2,3)4;1-10(2)16(11(3)4)14(18)9-15(19)17(12(5)6)13(7)8;/h8-10,12,14-15H,13H2,1-7H3;9-13,16-18H,1-8H3;/q-1;;/b;14-9-;. The molecular formula is C45H61IrN4O2Se-. The van der Waals surface area contributed by atoms with E-state index in [0.29, 0.717) is 23.7 Å². The van der Waals surface area contributed by atoms with Crippen LogP contribution in [0.15, 0.2) is 48.6 Å². The van der Waals surface area contributed by atoms with Crippen molar-refractivity contribution >= 4 is 50.6 Å². The molecule has 0 saturated carbocycles. The number of aliphatic hydroxyl groups is 1. The molecule has 3 heterocycles. The van der Waals surface area contributed by atoms with Crippen molar-refractivity contribution in [2.24, 2.45) is 40.9 Å². The molecule has 0 unspecified atom stereocenters. The van der Waals surface area contributed by atoms with Crippen molar-refractivity contribution in [3.8, 4) is 11.3 Å². The summed E-state index contributed by atoms with van der Waals surface area (Å²) in [6.45, 7) is 32.1. The number of aromatic nitrogens is 4. The number of nitrogens with zero attached hydrogens (tertiary/aromatic N) is 4. The van der Waals surface area contributed by atoms with Crippen molar-refractivity contribution in [3.05, 3.63) is 71.6 Å². The van der Waals surface area contributed by atoms with Crippen LogP contribution in [0, 0.1) is 53.9 Å². The number of aryl methyl sites for hydroxylation is 1. The molecule has 0 fully saturated rings. The maximum Gasteiger partial charge on any atom is 0 e. The molecule has 5 aromatic rings. The summed E-state index contributed by atoms with van der Waals surface area (Å²) in [5, 5.41) is 12.5. The molecule has 8 heteroatoms. The Balaban J connectivity index is 0.000000327. The minimum atomic E-state index is -0.0605. The van der Waals surface area contributed by atoms with Crippen LogP contribution < -0.4 is 0 Å². The van der Waals surface area contributed by atoms with Gasteiger partial charge >= 0.3 is 202 Å². The molecule has 53 heavy (non-hydrogen) atoms. The minimum Gasteiger partial charge on any atom is 0 e. The van der Waals surface area contributed by atoms with Gasteiger partial charge < -0.3 is 5.11 Å². The van der Waals surface area contributed by atoms with Gasteiger partial charge in [-0.1, -0.05) is 55.4 Å². The van der Waals surface area contributed by atoms with Gasteiger partial charge in [0.05, 0.1) is 5.76 Å². The van der Waals surface area contributed by atoms with Gasteiger partial charge in [-0.25, -0.2) is 0 Å². The van der Waals surface area contributed by atoms with Crippen LogP contribution in [0.5, 0.6) is 0 Å². The number of allylic oxidation sites excluding steroid dienone is 2. The van der Waals surface area contributed by atoms with Crippen molar-refractivity contribution in [1.29, 1.82) is 0 Å². The number of carbonyl (C=O) groups is 1. The van der Waals surface area contributed by atoms with E-state index in [1.165, 1.54) is 31.1 Å². The average molecular weight is 961 g/mol. The summed E-state index contributed by atoms with van der Waals surface area (Å²) in [4.78, 5) is 31.0. The van der Waals surface area contributed by atoms with Gasteiger partial charge in [-0.2, -0.15) is 0 Å². The van der Waals surface area contributed by atoms with Crippen molar-refractivity contribution < 1.29 is 30.0 Å². The maximum absolute atomic E-state index is 12.3. The minimum absolute atomic E-state index is 0. The van der Waals surface area contributed by atoms with E-state index in [1.807, 2.05) is 13.1 Å². The maximum atomic E-state index is 12.3. The van der Waals surface area contributed by atoms with E-state index in [-0.39, 0.29) is 68.8 Å². The predicted molar refractivity (Wildman–Crippen MR) is 220 cm³/mol. The third kappa shape index (κ3) is 10.9. The van der Waals surface area contributed by atoms with E-state index in [2.05, 4.69) is 132 Å². The van der Waals surface area contributed by atoms with Gasteiger partial charge in [-0.05, 0) is 23.7 Å². The van der Waals surface area contributed by atoms with Crippen molar-refractivity contribution in [1.82, 2.24) is 19.9 Å². The molecule has 0 atom stereocenters. The summed E-state index contributed by atoms with van der Waals surface area (Å²) in [5.41, 5.74) is 6.83. The first-order valence-electron chi connectivity index (χ1n) is 18.9. The quantitative estimate of drug-likeness (QED) is 0.0685. The topological polar surface area (TPSA) is 88.9 Å². The van der Waals surface area contributed by atoms with Crippen LogP contribution >= 0.6 is 0 Å². The number of carbonyl (C=O) groups excluding carboxylic acids is 1. The summed E-state index contributed by atoms with van der Waals surface area (Å²) in [7, 11) is 0. The van der Waals surface area contributed by atoms with E-state index in [1.54, 1.807) is 6.33 Å². The Morgan fingerprint density at radius 3 is 2.00 bits per heavy atom. The molecule has 0 aliphatic heterocycles. The largest absolute Gasteiger partial charge is 0 e. The fourth-order valence-corrected chi connectivity index (χ4v) is 10.2. The Bertz CT molecular complexity index is 2050. The monoisotopic (exact) mass is 962 g/mol. The molecule has 0 spiro atoms. The molecule has 0 aliphatic rings. The van der Waals surface area contributed by atoms with E-state index >= 15 is 0 Å². The Kier molecular flexibility index (Phi) is 15.0. The number of rotatable bonds is 9. The second-order valence-electron chi connectivity index (χ2n) is 18.1. The van der Waals surface area contributed by atoms with Gasteiger partial charge in [0, 0.05) is 38.0 Å². The van der Waals surface area contributed by atoms with E-state index in [4.69, 9.17) is 15.0 Å². The third-order valence-electron chi connectivity index (χ3n) is 9.67. The number of benzene rings is 2. The second-order valence-corrected chi connectivity index (χ2v) is 20.3. The molecule has 1 N–H and O–H groups in total. The zero-order chi connectivity index (χ0) is 38.9. The predicted octanol–water partition coefficient (Wildman–Crippen LogP) is 11.3. The molecule has 0 saturated heterocycles. The Labute approximate surface area is 338 Å². The van der Waals surface area contributed by atoms with E-state index in [0.717, 1.165) is 39.9 Å². The van der Waals surface area contributed by atoms with Gasteiger partial charge in [-0.15, -0.1) is 0 Å². The first kappa shape index (κ1) is 44.6. The first-order valence-corrected chi connectivity index (χ1v) is 20.6. The number of hydrogen-bond donors (Lipinski definition) is 1. The zero-order valence-electron chi connectivity index (χ0n) is 34.6. The molecule has 2 aromatic carbocycles. The fraction of sp³-hybridized carbons (Fsp3) is 0.533. The number of hydrogen-bond acceptors (Lipinski definition) is 6. The normalized spacial score (nSPS) is 12.9. The Hall–Kier alpha value is -2.76. The zero-order valence-corrected chi connectivity index (χ0v) is 38.7. The number of fused-ring (bicyclic) bond motifs is 4. The van der Waals surface area contributed by atoms with Crippen LogP contribution in [0.3, 0.4) is 0 Å². The molecule has 289 valence electrons. The van der Waals surface area contributed by atoms with Crippen LogP contribution in [0.1, 0.15) is 114 Å². The van der Waals surface area contributed by atoms with Gasteiger partial charge in [-0.3, -0.25) is 4.79 Å². The first-order chi connectivity index (χ1) is 24.1. The summed E-state index contributed by atoms with van der Waals surface area (Å²) in [5.74, 6) is 2.41. The third-order valence-corrected chi connectivity index (χ3v) is 12.1. The number of ketones is 1. The van der Waals surface area contributed by atoms with E-state index < -0.39 is 0 Å². The molecular weight excluding hydrogens is 900 g/mol. The summed E-state index contributed by atoms with van der Waals surface area (Å²) >= 11 is 0.156. The van der Waals surface area contributed by atoms with Crippen LogP contribution in [-0.4, -0.2) is 45.3 Å². The summed E-state index contributed by atoms with van der Waals surface area (Å²) in [6.07, 6.45) is 6.13. The SMILES string of the molecule is CC(C)C(C(=O)/C=C(\O)C(C(C)C)C(C)C)C(C)C.Cc1ncc2[c-]c(-c3ncnc4c3[se]c3cc(CC(C)(C)C)ccc34)cc(C(C)(C)C)c2n1.[Ir]. The molecule has 5 rings (SSSR count).